The number of nitrogens with zero attached hydrogens (tertiary/aromatic N) is 2. The maximum absolute atomic E-state index is 13.2. The van der Waals surface area contributed by atoms with E-state index in [4.69, 9.17) is 5.73 Å². The summed E-state index contributed by atoms with van der Waals surface area (Å²) in [5.74, 6) is 1.02. The van der Waals surface area contributed by atoms with Gasteiger partial charge < -0.3 is 16.0 Å². The first kappa shape index (κ1) is 17.2. The van der Waals surface area contributed by atoms with Crippen molar-refractivity contribution in [2.75, 3.05) is 18.4 Å². The van der Waals surface area contributed by atoms with Crippen LogP contribution < -0.4 is 11.1 Å². The van der Waals surface area contributed by atoms with Gasteiger partial charge >= 0.3 is 0 Å². The van der Waals surface area contributed by atoms with Crippen LogP contribution in [0.1, 0.15) is 28.8 Å². The van der Waals surface area contributed by atoms with E-state index in [0.717, 1.165) is 22.0 Å². The van der Waals surface area contributed by atoms with Gasteiger partial charge in [-0.3, -0.25) is 9.59 Å². The van der Waals surface area contributed by atoms with Crippen LogP contribution in [0, 0.1) is 18.8 Å². The lowest BCUT2D eigenvalue weighted by atomic mass is 10.1. The Labute approximate surface area is 156 Å². The number of hydrogen-bond acceptors (Lipinski definition) is 5. The van der Waals surface area contributed by atoms with Crippen molar-refractivity contribution >= 4 is 28.8 Å². The van der Waals surface area contributed by atoms with Crippen molar-refractivity contribution in [1.82, 2.24) is 9.88 Å². The second kappa shape index (κ2) is 6.48. The molecule has 2 amide bonds. The number of rotatable bonds is 4. The quantitative estimate of drug-likeness (QED) is 0.865. The number of benzene rings is 1. The fraction of sp³-hybridized carbons (Fsp3) is 0.421. The van der Waals surface area contributed by atoms with Crippen molar-refractivity contribution in [2.24, 2.45) is 17.6 Å². The molecule has 2 aliphatic rings. The predicted octanol–water partition coefficient (Wildman–Crippen LogP) is 2.50. The monoisotopic (exact) mass is 370 g/mol. The smallest absolute Gasteiger partial charge is 0.274 e. The van der Waals surface area contributed by atoms with Crippen LogP contribution >= 0.6 is 11.3 Å². The Kier molecular flexibility index (Phi) is 4.28. The van der Waals surface area contributed by atoms with Gasteiger partial charge in [0.2, 0.25) is 5.91 Å². The average molecular weight is 370 g/mol. The van der Waals surface area contributed by atoms with Crippen LogP contribution in [0.3, 0.4) is 0 Å². The first-order valence-electron chi connectivity index (χ1n) is 8.84. The van der Waals surface area contributed by atoms with Gasteiger partial charge in [0, 0.05) is 31.7 Å². The zero-order valence-corrected chi connectivity index (χ0v) is 15.7. The minimum absolute atomic E-state index is 0.0306. The first-order chi connectivity index (χ1) is 12.5. The van der Waals surface area contributed by atoms with Gasteiger partial charge in [-0.15, -0.1) is 11.3 Å². The summed E-state index contributed by atoms with van der Waals surface area (Å²) in [6.07, 6.45) is 1.19. The summed E-state index contributed by atoms with van der Waals surface area (Å²) < 4.78 is 0. The third-order valence-corrected chi connectivity index (χ3v) is 6.21. The predicted molar refractivity (Wildman–Crippen MR) is 102 cm³/mol. The van der Waals surface area contributed by atoms with Gasteiger partial charge in [-0.25, -0.2) is 4.98 Å². The highest BCUT2D eigenvalue weighted by molar-refractivity contribution is 7.15. The molecule has 0 unspecified atom stereocenters. The minimum atomic E-state index is -0.124. The average Bonchev–Trinajstić information content (AvgIpc) is 3.10. The Morgan fingerprint density at radius 3 is 2.96 bits per heavy atom. The van der Waals surface area contributed by atoms with E-state index < -0.39 is 0 Å². The van der Waals surface area contributed by atoms with E-state index in [0.29, 0.717) is 29.8 Å². The van der Waals surface area contributed by atoms with Crippen molar-refractivity contribution in [3.63, 3.8) is 0 Å². The van der Waals surface area contributed by atoms with Crippen LogP contribution in [0.5, 0.6) is 0 Å². The molecule has 2 fully saturated rings. The number of carbonyl (C=O) groups excluding carboxylic acids is 2. The largest absolute Gasteiger partial charge is 0.332 e. The van der Waals surface area contributed by atoms with E-state index in [9.17, 15) is 9.59 Å². The van der Waals surface area contributed by atoms with Crippen LogP contribution in [-0.4, -0.2) is 40.8 Å². The van der Waals surface area contributed by atoms with Gasteiger partial charge in [-0.2, -0.15) is 0 Å². The fourth-order valence-electron chi connectivity index (χ4n) is 3.95. The zero-order chi connectivity index (χ0) is 18.4. The SMILES string of the molecule is CC(=O)Nc1cccc(-c2sc(C)nc2C(=O)N2C[C@@H]3C[C@@H]3[C@H]2CN)c1. The van der Waals surface area contributed by atoms with Gasteiger partial charge in [0.15, 0.2) is 0 Å². The highest BCUT2D eigenvalue weighted by Gasteiger charge is 2.53. The number of fused-ring (bicyclic) bond motifs is 1. The van der Waals surface area contributed by atoms with Crippen LogP contribution in [-0.2, 0) is 4.79 Å². The maximum atomic E-state index is 13.2. The molecule has 0 radical (unpaired) electrons. The molecule has 0 bridgehead atoms. The summed E-state index contributed by atoms with van der Waals surface area (Å²) >= 11 is 1.50. The molecule has 7 heteroatoms. The number of nitrogens with two attached hydrogens (primary N) is 1. The molecule has 3 atom stereocenters. The Bertz CT molecular complexity index is 878. The normalized spacial score (nSPS) is 23.7. The fourth-order valence-corrected chi connectivity index (χ4v) is 4.86. The highest BCUT2D eigenvalue weighted by Crippen LogP contribution is 2.49. The van der Waals surface area contributed by atoms with Gasteiger partial charge in [0.25, 0.3) is 5.91 Å². The molecule has 0 spiro atoms. The molecular weight excluding hydrogens is 348 g/mol. The van der Waals surface area contributed by atoms with Crippen molar-refractivity contribution in [3.05, 3.63) is 35.0 Å². The molecular formula is C19H22N4O2S. The summed E-state index contributed by atoms with van der Waals surface area (Å²) in [5, 5.41) is 3.64. The number of likely N-dealkylation sites (tertiary alicyclic amines) is 1. The molecule has 1 aliphatic carbocycles. The van der Waals surface area contributed by atoms with E-state index in [1.807, 2.05) is 36.1 Å². The van der Waals surface area contributed by atoms with Gasteiger partial charge in [-0.05, 0) is 42.9 Å². The number of carbonyl (C=O) groups is 2. The number of amides is 2. The third-order valence-electron chi connectivity index (χ3n) is 5.19. The summed E-state index contributed by atoms with van der Waals surface area (Å²) in [4.78, 5) is 31.8. The summed E-state index contributed by atoms with van der Waals surface area (Å²) in [7, 11) is 0. The van der Waals surface area contributed by atoms with Crippen molar-refractivity contribution in [3.8, 4) is 10.4 Å². The van der Waals surface area contributed by atoms with E-state index in [1.165, 1.54) is 24.7 Å². The number of anilines is 1. The van der Waals surface area contributed by atoms with Crippen molar-refractivity contribution < 1.29 is 9.59 Å². The Morgan fingerprint density at radius 1 is 1.42 bits per heavy atom. The molecule has 1 saturated carbocycles. The number of nitrogens with one attached hydrogen (secondary N) is 1. The summed E-state index contributed by atoms with van der Waals surface area (Å²) in [5.41, 5.74) is 8.02. The topological polar surface area (TPSA) is 88.3 Å². The van der Waals surface area contributed by atoms with Crippen molar-refractivity contribution in [1.29, 1.82) is 0 Å². The number of piperidine rings is 1. The van der Waals surface area contributed by atoms with Crippen LogP contribution in [0.25, 0.3) is 10.4 Å². The number of hydrogen-bond donors (Lipinski definition) is 2. The molecule has 4 rings (SSSR count). The molecule has 136 valence electrons. The Hall–Kier alpha value is -2.25. The second-order valence-corrected chi connectivity index (χ2v) is 8.30. The van der Waals surface area contributed by atoms with E-state index >= 15 is 0 Å². The Balaban J connectivity index is 1.67. The summed E-state index contributed by atoms with van der Waals surface area (Å²) in [6, 6.07) is 7.66. The van der Waals surface area contributed by atoms with E-state index in [-0.39, 0.29) is 17.9 Å². The summed E-state index contributed by atoms with van der Waals surface area (Å²) in [6.45, 7) is 4.67. The molecule has 1 aromatic heterocycles. The second-order valence-electron chi connectivity index (χ2n) is 7.09. The molecule has 2 heterocycles. The van der Waals surface area contributed by atoms with Crippen molar-refractivity contribution in [2.45, 2.75) is 26.3 Å². The molecule has 6 nitrogen and oxygen atoms in total. The lowest BCUT2D eigenvalue weighted by Gasteiger charge is -2.26. The first-order valence-corrected chi connectivity index (χ1v) is 9.66. The zero-order valence-electron chi connectivity index (χ0n) is 14.9. The standard InChI is InChI=1S/C19H22N4O2S/c1-10(24)21-14-5-3-4-12(6-14)18-17(22-11(2)26-18)19(25)23-9-13-7-15(13)16(23)8-20/h3-6,13,15-16H,7-9,20H2,1-2H3,(H,21,24)/t13-,15-,16+/m0/s1. The third kappa shape index (κ3) is 3.01. The maximum Gasteiger partial charge on any atom is 0.274 e. The molecule has 1 saturated heterocycles. The molecule has 3 N–H and O–H groups in total. The number of aromatic nitrogens is 1. The molecule has 1 aliphatic heterocycles. The molecule has 1 aromatic carbocycles. The van der Waals surface area contributed by atoms with Crippen LogP contribution in [0.2, 0.25) is 0 Å². The number of aryl methyl sites for hydroxylation is 1. The highest BCUT2D eigenvalue weighted by atomic mass is 32.1. The lowest BCUT2D eigenvalue weighted by molar-refractivity contribution is -0.114. The van der Waals surface area contributed by atoms with Gasteiger partial charge in [0.1, 0.15) is 5.69 Å². The Morgan fingerprint density at radius 2 is 2.23 bits per heavy atom. The lowest BCUT2D eigenvalue weighted by Crippen LogP contribution is -2.43. The van der Waals surface area contributed by atoms with Gasteiger partial charge in [-0.1, -0.05) is 12.1 Å². The van der Waals surface area contributed by atoms with Crippen LogP contribution in [0.15, 0.2) is 24.3 Å². The molecule has 26 heavy (non-hydrogen) atoms. The number of thiazole rings is 1. The molecule has 2 aromatic rings. The van der Waals surface area contributed by atoms with E-state index in [1.54, 1.807) is 0 Å². The minimum Gasteiger partial charge on any atom is -0.332 e. The van der Waals surface area contributed by atoms with E-state index in [2.05, 4.69) is 10.3 Å². The van der Waals surface area contributed by atoms with Crippen LogP contribution in [0.4, 0.5) is 5.69 Å². The van der Waals surface area contributed by atoms with Gasteiger partial charge in [0.05, 0.1) is 9.88 Å².